The Morgan fingerprint density at radius 1 is 1.38 bits per heavy atom. The van der Waals surface area contributed by atoms with Gasteiger partial charge in [-0.05, 0) is 25.5 Å². The van der Waals surface area contributed by atoms with Crippen LogP contribution in [-0.2, 0) is 4.79 Å². The average Bonchev–Trinajstić information content (AvgIpc) is 2.42. The molecule has 1 aliphatic heterocycles. The van der Waals surface area contributed by atoms with E-state index >= 15 is 0 Å². The van der Waals surface area contributed by atoms with Crippen LogP contribution in [0.3, 0.4) is 0 Å². The highest BCUT2D eigenvalue weighted by atomic mass is 35.5. The first-order chi connectivity index (χ1) is 9.95. The van der Waals surface area contributed by atoms with Crippen LogP contribution in [0.1, 0.15) is 19.8 Å². The number of hydrogen-bond acceptors (Lipinski definition) is 3. The maximum Gasteiger partial charge on any atom is 0.225 e. The van der Waals surface area contributed by atoms with E-state index in [0.717, 1.165) is 26.1 Å². The number of halogens is 2. The van der Waals surface area contributed by atoms with Crippen molar-refractivity contribution in [3.05, 3.63) is 33.8 Å². The van der Waals surface area contributed by atoms with Crippen LogP contribution >= 0.6 is 23.2 Å². The molecular formula is C15H19Cl2N3O. The zero-order valence-electron chi connectivity index (χ0n) is 12.0. The lowest BCUT2D eigenvalue weighted by Gasteiger charge is -2.24. The maximum atomic E-state index is 12.0. The van der Waals surface area contributed by atoms with E-state index in [9.17, 15) is 4.79 Å². The van der Waals surface area contributed by atoms with Crippen LogP contribution in [0.2, 0.25) is 10.0 Å². The standard InChI is InChI=1S/C15H19Cl2N3O/c1-10-2-5-20(6-3-10)7-4-14(21)19-15-12(16)8-11(18)9-13(15)17/h2,8-9H,3-7,18H2,1H3,(H,19,21). The summed E-state index contributed by atoms with van der Waals surface area (Å²) in [4.78, 5) is 14.3. The molecule has 1 aromatic rings. The van der Waals surface area contributed by atoms with Crippen molar-refractivity contribution in [3.63, 3.8) is 0 Å². The van der Waals surface area contributed by atoms with E-state index in [1.54, 1.807) is 12.1 Å². The third-order valence-electron chi connectivity index (χ3n) is 3.50. The molecule has 0 spiro atoms. The number of rotatable bonds is 4. The number of anilines is 2. The number of carbonyl (C=O) groups excluding carboxylic acids is 1. The molecule has 0 saturated heterocycles. The van der Waals surface area contributed by atoms with E-state index in [1.807, 2.05) is 0 Å². The van der Waals surface area contributed by atoms with Gasteiger partial charge in [0.05, 0.1) is 15.7 Å². The molecule has 1 amide bonds. The van der Waals surface area contributed by atoms with Gasteiger partial charge < -0.3 is 11.1 Å². The summed E-state index contributed by atoms with van der Waals surface area (Å²) < 4.78 is 0. The van der Waals surface area contributed by atoms with Crippen LogP contribution in [0.5, 0.6) is 0 Å². The lowest BCUT2D eigenvalue weighted by molar-refractivity contribution is -0.116. The monoisotopic (exact) mass is 327 g/mol. The van der Waals surface area contributed by atoms with E-state index in [4.69, 9.17) is 28.9 Å². The minimum Gasteiger partial charge on any atom is -0.399 e. The van der Waals surface area contributed by atoms with Crippen molar-refractivity contribution in [2.45, 2.75) is 19.8 Å². The smallest absolute Gasteiger partial charge is 0.225 e. The Bertz CT molecular complexity index is 549. The molecule has 0 unspecified atom stereocenters. The van der Waals surface area contributed by atoms with Crippen LogP contribution < -0.4 is 11.1 Å². The lowest BCUT2D eigenvalue weighted by atomic mass is 10.1. The van der Waals surface area contributed by atoms with Crippen LogP contribution in [-0.4, -0.2) is 30.4 Å². The summed E-state index contributed by atoms with van der Waals surface area (Å²) >= 11 is 12.1. The van der Waals surface area contributed by atoms with Crippen molar-refractivity contribution in [1.29, 1.82) is 0 Å². The Morgan fingerprint density at radius 2 is 2.05 bits per heavy atom. The van der Waals surface area contributed by atoms with E-state index in [1.165, 1.54) is 5.57 Å². The quantitative estimate of drug-likeness (QED) is 0.656. The van der Waals surface area contributed by atoms with Gasteiger partial charge in [0.1, 0.15) is 0 Å². The summed E-state index contributed by atoms with van der Waals surface area (Å²) in [7, 11) is 0. The number of nitrogens with one attached hydrogen (secondary N) is 1. The van der Waals surface area contributed by atoms with Crippen LogP contribution in [0.15, 0.2) is 23.8 Å². The fraction of sp³-hybridized carbons (Fsp3) is 0.400. The molecule has 0 atom stereocenters. The molecule has 0 saturated carbocycles. The van der Waals surface area contributed by atoms with Crippen molar-refractivity contribution in [2.24, 2.45) is 0 Å². The molecule has 4 nitrogen and oxygen atoms in total. The second-order valence-electron chi connectivity index (χ2n) is 5.26. The fourth-order valence-corrected chi connectivity index (χ4v) is 2.79. The molecule has 21 heavy (non-hydrogen) atoms. The van der Waals surface area contributed by atoms with Crippen LogP contribution in [0, 0.1) is 0 Å². The molecule has 1 heterocycles. The zero-order valence-corrected chi connectivity index (χ0v) is 13.5. The fourth-order valence-electron chi connectivity index (χ4n) is 2.19. The Kier molecular flexibility index (Phi) is 5.51. The van der Waals surface area contributed by atoms with Crippen molar-refractivity contribution in [1.82, 2.24) is 4.90 Å². The Hall–Kier alpha value is -1.23. The van der Waals surface area contributed by atoms with Gasteiger partial charge in [-0.3, -0.25) is 9.69 Å². The van der Waals surface area contributed by atoms with Crippen molar-refractivity contribution >= 4 is 40.5 Å². The molecular weight excluding hydrogens is 309 g/mol. The predicted molar refractivity (Wildman–Crippen MR) is 88.9 cm³/mol. The largest absolute Gasteiger partial charge is 0.399 e. The number of hydrogen-bond donors (Lipinski definition) is 2. The second-order valence-corrected chi connectivity index (χ2v) is 6.07. The third-order valence-corrected chi connectivity index (χ3v) is 4.10. The Morgan fingerprint density at radius 3 is 2.62 bits per heavy atom. The molecule has 3 N–H and O–H groups in total. The highest BCUT2D eigenvalue weighted by Crippen LogP contribution is 2.32. The number of carbonyl (C=O) groups is 1. The van der Waals surface area contributed by atoms with Gasteiger partial charge in [0.2, 0.25) is 5.91 Å². The van der Waals surface area contributed by atoms with Gasteiger partial charge in [-0.25, -0.2) is 0 Å². The van der Waals surface area contributed by atoms with Gasteiger partial charge >= 0.3 is 0 Å². The number of amides is 1. The van der Waals surface area contributed by atoms with Crippen LogP contribution in [0.4, 0.5) is 11.4 Å². The van der Waals surface area contributed by atoms with E-state index in [2.05, 4.69) is 23.2 Å². The number of nitrogen functional groups attached to an aromatic ring is 1. The summed E-state index contributed by atoms with van der Waals surface area (Å²) in [6.45, 7) is 4.76. The molecule has 0 radical (unpaired) electrons. The molecule has 6 heteroatoms. The summed E-state index contributed by atoms with van der Waals surface area (Å²) in [6, 6.07) is 3.14. The van der Waals surface area contributed by atoms with Gasteiger partial charge in [0.25, 0.3) is 0 Å². The minimum atomic E-state index is -0.102. The summed E-state index contributed by atoms with van der Waals surface area (Å²) in [6.07, 6.45) is 3.68. The van der Waals surface area contributed by atoms with Gasteiger partial charge in [0.15, 0.2) is 0 Å². The van der Waals surface area contributed by atoms with Crippen molar-refractivity contribution in [2.75, 3.05) is 30.7 Å². The third kappa shape index (κ3) is 4.63. The maximum absolute atomic E-state index is 12.0. The lowest BCUT2D eigenvalue weighted by Crippen LogP contribution is -2.31. The predicted octanol–water partition coefficient (Wildman–Crippen LogP) is 3.56. The molecule has 0 bridgehead atoms. The van der Waals surface area contributed by atoms with Crippen molar-refractivity contribution in [3.8, 4) is 0 Å². The number of benzene rings is 1. The normalized spacial score (nSPS) is 15.7. The van der Waals surface area contributed by atoms with E-state index in [-0.39, 0.29) is 5.91 Å². The van der Waals surface area contributed by atoms with Gasteiger partial charge in [-0.15, -0.1) is 0 Å². The molecule has 0 aromatic heterocycles. The highest BCUT2D eigenvalue weighted by molar-refractivity contribution is 6.40. The molecule has 0 aliphatic carbocycles. The molecule has 0 fully saturated rings. The Labute approximate surface area is 134 Å². The van der Waals surface area contributed by atoms with E-state index < -0.39 is 0 Å². The van der Waals surface area contributed by atoms with Crippen LogP contribution in [0.25, 0.3) is 0 Å². The highest BCUT2D eigenvalue weighted by Gasteiger charge is 2.14. The summed E-state index contributed by atoms with van der Waals surface area (Å²) in [5.74, 6) is -0.102. The number of nitrogens with two attached hydrogens (primary N) is 1. The first kappa shape index (κ1) is 16.1. The average molecular weight is 328 g/mol. The van der Waals surface area contributed by atoms with Gasteiger partial charge in [-0.1, -0.05) is 34.9 Å². The first-order valence-electron chi connectivity index (χ1n) is 6.88. The van der Waals surface area contributed by atoms with Gasteiger partial charge in [-0.2, -0.15) is 0 Å². The molecule has 114 valence electrons. The first-order valence-corrected chi connectivity index (χ1v) is 7.63. The zero-order chi connectivity index (χ0) is 15.4. The Balaban J connectivity index is 1.88. The molecule has 1 aromatic carbocycles. The van der Waals surface area contributed by atoms with Gasteiger partial charge in [0, 0.05) is 31.7 Å². The molecule has 1 aliphatic rings. The number of nitrogens with zero attached hydrogens (tertiary/aromatic N) is 1. The minimum absolute atomic E-state index is 0.102. The summed E-state index contributed by atoms with van der Waals surface area (Å²) in [5, 5.41) is 3.46. The molecule has 2 rings (SSSR count). The summed E-state index contributed by atoms with van der Waals surface area (Å²) in [5.41, 5.74) is 7.94. The van der Waals surface area contributed by atoms with Crippen molar-refractivity contribution < 1.29 is 4.79 Å². The topological polar surface area (TPSA) is 58.4 Å². The van der Waals surface area contributed by atoms with E-state index in [0.29, 0.717) is 27.8 Å². The SMILES string of the molecule is CC1=CCN(CCC(=O)Nc2c(Cl)cc(N)cc2Cl)CC1. The second kappa shape index (κ2) is 7.16.